The van der Waals surface area contributed by atoms with Crippen LogP contribution in [0.4, 0.5) is 20.4 Å². The first-order valence-corrected chi connectivity index (χ1v) is 13.9. The molecule has 36 heavy (non-hydrogen) atoms. The number of nitrogens with zero attached hydrogens (tertiary/aromatic N) is 3. The Morgan fingerprint density at radius 1 is 1.03 bits per heavy atom. The topological polar surface area (TPSA) is 95.4 Å². The summed E-state index contributed by atoms with van der Waals surface area (Å²) < 4.78 is 57.8. The Hall–Kier alpha value is -2.68. The minimum absolute atomic E-state index is 0.0200. The van der Waals surface area contributed by atoms with Crippen LogP contribution in [0.15, 0.2) is 59.6 Å². The summed E-state index contributed by atoms with van der Waals surface area (Å²) >= 11 is 0. The molecule has 4 rings (SSSR count). The molecule has 0 spiro atoms. The molecular weight excluding hydrogens is 505 g/mol. The van der Waals surface area contributed by atoms with Crippen LogP contribution in [-0.2, 0) is 22.1 Å². The molecule has 0 saturated carbocycles. The number of aliphatic hydroxyl groups is 1. The predicted molar refractivity (Wildman–Crippen MR) is 140 cm³/mol. The van der Waals surface area contributed by atoms with E-state index in [-0.39, 0.29) is 28.7 Å². The summed E-state index contributed by atoms with van der Waals surface area (Å²) in [5.74, 6) is 0.421. The van der Waals surface area contributed by atoms with Gasteiger partial charge >= 0.3 is 0 Å². The van der Waals surface area contributed by atoms with Crippen LogP contribution in [0, 0.1) is 0 Å². The zero-order valence-electron chi connectivity index (χ0n) is 19.7. The quantitative estimate of drug-likeness (QED) is 0.468. The number of anilines is 2. The van der Waals surface area contributed by atoms with Gasteiger partial charge in [0.15, 0.2) is 5.03 Å². The number of aliphatic hydroxyl groups excluding tert-OH is 1. The molecule has 0 radical (unpaired) electrons. The second-order valence-corrected chi connectivity index (χ2v) is 11.0. The van der Waals surface area contributed by atoms with E-state index in [0.29, 0.717) is 37.3 Å². The monoisotopic (exact) mass is 534 g/mol. The van der Waals surface area contributed by atoms with Gasteiger partial charge in [-0.3, -0.25) is 4.72 Å². The minimum atomic E-state index is -4.15. The summed E-state index contributed by atoms with van der Waals surface area (Å²) in [5.41, 5.74) is -2.09. The Kier molecular flexibility index (Phi) is 8.17. The molecule has 1 aliphatic heterocycles. The second-order valence-electron chi connectivity index (χ2n) is 8.69. The van der Waals surface area contributed by atoms with Gasteiger partial charge in [-0.1, -0.05) is 46.0 Å². The van der Waals surface area contributed by atoms with E-state index in [0.717, 1.165) is 24.8 Å². The maximum absolute atomic E-state index is 14.5. The van der Waals surface area contributed by atoms with Crippen LogP contribution in [0.1, 0.15) is 36.8 Å². The molecule has 192 valence electrons. The van der Waals surface area contributed by atoms with Gasteiger partial charge < -0.3 is 10.0 Å². The molecule has 1 aliphatic rings. The van der Waals surface area contributed by atoms with Crippen LogP contribution < -0.4 is 9.62 Å². The molecule has 2 N–H and O–H groups in total. The van der Waals surface area contributed by atoms with E-state index in [1.807, 2.05) is 17.0 Å². The molecule has 0 saturated heterocycles. The molecule has 0 fully saturated rings. The Morgan fingerprint density at radius 2 is 1.83 bits per heavy atom. The fourth-order valence-corrected chi connectivity index (χ4v) is 5.47. The standard InChI is InChI=1S/C25H29F2N4O3PS/c26-25(27,35)20-13-14-21-28-24(20)19-10-4-3-9-18(19)8-2-1-5-15-31(16-7-17-32)22-11-6-12-23(29-22)36(33,34)30-21/h3-4,6,9-14,32H,1-2,5,7-8,15-17,35H2,(H,28,30). The van der Waals surface area contributed by atoms with E-state index >= 15 is 0 Å². The third-order valence-electron chi connectivity index (χ3n) is 6.03. The summed E-state index contributed by atoms with van der Waals surface area (Å²) in [5, 5.41) is 9.11. The van der Waals surface area contributed by atoms with Gasteiger partial charge in [-0.2, -0.15) is 17.2 Å². The molecule has 0 aliphatic carbocycles. The molecule has 3 aromatic rings. The number of pyridine rings is 2. The number of hydrogen-bond acceptors (Lipinski definition) is 6. The highest BCUT2D eigenvalue weighted by Crippen LogP contribution is 2.41. The van der Waals surface area contributed by atoms with Crippen molar-refractivity contribution in [2.75, 3.05) is 29.3 Å². The number of alkyl halides is 2. The van der Waals surface area contributed by atoms with Crippen molar-refractivity contribution in [3.63, 3.8) is 0 Å². The SMILES string of the molecule is O=S1(=O)Nc2ccc(C(F)(F)P)c(n2)-c2ccccc2CCCCCN(CCCO)c2cccc1n2. The molecular formula is C25H29F2N4O3PS. The van der Waals surface area contributed by atoms with Crippen molar-refractivity contribution in [2.45, 2.75) is 42.8 Å². The minimum Gasteiger partial charge on any atom is -0.396 e. The van der Waals surface area contributed by atoms with Crippen LogP contribution in [0.2, 0.25) is 0 Å². The van der Waals surface area contributed by atoms with Crippen LogP contribution >= 0.6 is 9.24 Å². The zero-order chi connectivity index (χ0) is 25.8. The molecule has 1 atom stereocenters. The average Bonchev–Trinajstić information content (AvgIpc) is 2.84. The molecule has 11 heteroatoms. The normalized spacial score (nSPS) is 16.2. The first-order chi connectivity index (χ1) is 17.2. The van der Waals surface area contributed by atoms with Crippen LogP contribution in [0.25, 0.3) is 11.3 Å². The van der Waals surface area contributed by atoms with E-state index in [4.69, 9.17) is 0 Å². The van der Waals surface area contributed by atoms with Crippen molar-refractivity contribution in [1.29, 1.82) is 0 Å². The second kappa shape index (κ2) is 11.2. The molecule has 2 aromatic heterocycles. The Bertz CT molecular complexity index is 1320. The van der Waals surface area contributed by atoms with Crippen molar-refractivity contribution >= 4 is 30.9 Å². The molecule has 0 amide bonds. The maximum Gasteiger partial charge on any atom is 0.285 e. The average molecular weight is 535 g/mol. The number of sulfonamides is 1. The van der Waals surface area contributed by atoms with Crippen LogP contribution in [-0.4, -0.2) is 43.2 Å². The number of halogens is 2. The number of rotatable bonds is 4. The Labute approximate surface area is 212 Å². The van der Waals surface area contributed by atoms with Crippen molar-refractivity contribution in [1.82, 2.24) is 9.97 Å². The number of nitrogens with one attached hydrogen (secondary N) is 1. The highest BCUT2D eigenvalue weighted by Gasteiger charge is 2.31. The van der Waals surface area contributed by atoms with Crippen LogP contribution in [0.3, 0.4) is 0 Å². The summed E-state index contributed by atoms with van der Waals surface area (Å²) in [4.78, 5) is 10.7. The van der Waals surface area contributed by atoms with Crippen LogP contribution in [0.5, 0.6) is 0 Å². The lowest BCUT2D eigenvalue weighted by molar-refractivity contribution is 0.104. The van der Waals surface area contributed by atoms with Crippen molar-refractivity contribution in [3.8, 4) is 11.3 Å². The Balaban J connectivity index is 1.83. The van der Waals surface area contributed by atoms with Gasteiger partial charge in [0.05, 0.1) is 11.3 Å². The number of aryl methyl sites for hydroxylation is 1. The summed E-state index contributed by atoms with van der Waals surface area (Å²) in [6.07, 6.45) is 3.75. The summed E-state index contributed by atoms with van der Waals surface area (Å²) in [7, 11) is -2.61. The fourth-order valence-electron chi connectivity index (χ4n) is 4.28. The van der Waals surface area contributed by atoms with Gasteiger partial charge in [-0.25, -0.2) is 9.97 Å². The lowest BCUT2D eigenvalue weighted by Crippen LogP contribution is -2.28. The largest absolute Gasteiger partial charge is 0.396 e. The Morgan fingerprint density at radius 3 is 2.61 bits per heavy atom. The van der Waals surface area contributed by atoms with E-state index in [1.54, 1.807) is 24.3 Å². The molecule has 1 aromatic carbocycles. The first-order valence-electron chi connectivity index (χ1n) is 11.8. The lowest BCUT2D eigenvalue weighted by Gasteiger charge is -2.24. The third kappa shape index (κ3) is 6.17. The number of aromatic nitrogens is 2. The number of fused-ring (bicyclic) bond motifs is 6. The van der Waals surface area contributed by atoms with Gasteiger partial charge in [0, 0.05) is 25.3 Å². The maximum atomic E-state index is 14.5. The van der Waals surface area contributed by atoms with E-state index in [2.05, 4.69) is 14.7 Å². The summed E-state index contributed by atoms with van der Waals surface area (Å²) in [6, 6.07) is 14.4. The van der Waals surface area contributed by atoms with Gasteiger partial charge in [0.25, 0.3) is 15.7 Å². The van der Waals surface area contributed by atoms with Crippen molar-refractivity contribution < 1.29 is 22.3 Å². The number of hydrogen-bond donors (Lipinski definition) is 2. The van der Waals surface area contributed by atoms with E-state index in [1.165, 1.54) is 27.4 Å². The fraction of sp³-hybridized carbons (Fsp3) is 0.360. The van der Waals surface area contributed by atoms with Gasteiger partial charge in [-0.15, -0.1) is 0 Å². The molecule has 7 nitrogen and oxygen atoms in total. The molecule has 1 unspecified atom stereocenters. The predicted octanol–water partition coefficient (Wildman–Crippen LogP) is 4.78. The van der Waals surface area contributed by atoms with Crippen molar-refractivity contribution in [2.24, 2.45) is 0 Å². The highest BCUT2D eigenvalue weighted by molar-refractivity contribution is 7.92. The zero-order valence-corrected chi connectivity index (χ0v) is 21.7. The van der Waals surface area contributed by atoms with Crippen molar-refractivity contribution in [3.05, 3.63) is 65.7 Å². The van der Waals surface area contributed by atoms with Gasteiger partial charge in [0.2, 0.25) is 0 Å². The molecule has 3 heterocycles. The lowest BCUT2D eigenvalue weighted by atomic mass is 9.96. The van der Waals surface area contributed by atoms with Gasteiger partial charge in [-0.05, 0) is 55.5 Å². The third-order valence-corrected chi connectivity index (χ3v) is 7.60. The highest BCUT2D eigenvalue weighted by atomic mass is 32.2. The van der Waals surface area contributed by atoms with E-state index in [9.17, 15) is 22.3 Å². The molecule has 4 bridgehead atoms. The van der Waals surface area contributed by atoms with Gasteiger partial charge in [0.1, 0.15) is 11.6 Å². The number of benzene rings is 1. The smallest absolute Gasteiger partial charge is 0.285 e. The van der Waals surface area contributed by atoms with E-state index < -0.39 is 15.7 Å². The first kappa shape index (κ1) is 26.4. The summed E-state index contributed by atoms with van der Waals surface area (Å²) in [6.45, 7) is 1.21.